The van der Waals surface area contributed by atoms with Gasteiger partial charge in [0.2, 0.25) is 0 Å². The lowest BCUT2D eigenvalue weighted by molar-refractivity contribution is -0.120. The Kier molecular flexibility index (Phi) is 6.47. The van der Waals surface area contributed by atoms with Gasteiger partial charge in [-0.25, -0.2) is 9.29 Å². The maximum atomic E-state index is 14.5. The van der Waals surface area contributed by atoms with Crippen molar-refractivity contribution in [3.8, 4) is 5.75 Å². The first-order valence-electron chi connectivity index (χ1n) is 10.5. The number of halogens is 2. The summed E-state index contributed by atoms with van der Waals surface area (Å²) in [6.07, 6.45) is 0.866. The van der Waals surface area contributed by atoms with E-state index >= 15 is 0 Å². The first-order chi connectivity index (χ1) is 15.9. The molecule has 1 aliphatic heterocycles. The Labute approximate surface area is 196 Å². The van der Waals surface area contributed by atoms with Gasteiger partial charge in [-0.3, -0.25) is 9.59 Å². The molecule has 0 aromatic heterocycles. The summed E-state index contributed by atoms with van der Waals surface area (Å²) in [6, 6.07) is 17.8. The highest BCUT2D eigenvalue weighted by atomic mass is 35.5. The minimum atomic E-state index is -0.665. The van der Waals surface area contributed by atoms with Crippen molar-refractivity contribution in [3.05, 3.63) is 94.4 Å². The minimum absolute atomic E-state index is 0.0467. The molecule has 0 bridgehead atoms. The summed E-state index contributed by atoms with van der Waals surface area (Å²) in [5.41, 5.74) is 2.01. The molecule has 7 heteroatoms. The number of benzene rings is 3. The fraction of sp³-hybridized carbons (Fsp3) is 0.154. The number of para-hydroxylation sites is 1. The highest BCUT2D eigenvalue weighted by Gasteiger charge is 2.41. The average Bonchev–Trinajstić information content (AvgIpc) is 3.05. The highest BCUT2D eigenvalue weighted by molar-refractivity contribution is 6.46. The summed E-state index contributed by atoms with van der Waals surface area (Å²) in [5, 5.41) is 3.55. The van der Waals surface area contributed by atoms with Crippen LogP contribution in [0.3, 0.4) is 0 Å². The molecule has 0 spiro atoms. The van der Waals surface area contributed by atoms with E-state index in [0.29, 0.717) is 28.6 Å². The number of anilines is 2. The molecular weight excluding hydrogens is 443 g/mol. The van der Waals surface area contributed by atoms with E-state index in [2.05, 4.69) is 5.32 Å². The fourth-order valence-electron chi connectivity index (χ4n) is 3.52. The van der Waals surface area contributed by atoms with Crippen LogP contribution in [0, 0.1) is 12.7 Å². The zero-order valence-corrected chi connectivity index (χ0v) is 18.9. The van der Waals surface area contributed by atoms with Crippen LogP contribution < -0.4 is 15.0 Å². The van der Waals surface area contributed by atoms with Gasteiger partial charge >= 0.3 is 0 Å². The summed E-state index contributed by atoms with van der Waals surface area (Å²) in [4.78, 5) is 27.7. The molecule has 0 atom stereocenters. The van der Waals surface area contributed by atoms with E-state index < -0.39 is 17.6 Å². The third-order valence-electron chi connectivity index (χ3n) is 5.23. The molecule has 3 aromatic rings. The van der Waals surface area contributed by atoms with Gasteiger partial charge in [0.25, 0.3) is 11.8 Å². The zero-order valence-electron chi connectivity index (χ0n) is 18.2. The topological polar surface area (TPSA) is 58.6 Å². The van der Waals surface area contributed by atoms with Gasteiger partial charge in [0.05, 0.1) is 17.9 Å². The fourth-order valence-corrected chi connectivity index (χ4v) is 3.70. The van der Waals surface area contributed by atoms with Crippen molar-refractivity contribution in [2.45, 2.75) is 20.3 Å². The number of nitrogens with one attached hydrogen (secondary N) is 1. The monoisotopic (exact) mass is 464 g/mol. The Morgan fingerprint density at radius 3 is 2.39 bits per heavy atom. The van der Waals surface area contributed by atoms with Crippen molar-refractivity contribution in [2.24, 2.45) is 0 Å². The number of aryl methyl sites for hydroxylation is 1. The van der Waals surface area contributed by atoms with Crippen LogP contribution in [0.5, 0.6) is 5.75 Å². The summed E-state index contributed by atoms with van der Waals surface area (Å²) in [6.45, 7) is 4.44. The van der Waals surface area contributed by atoms with Gasteiger partial charge in [0.15, 0.2) is 0 Å². The molecule has 0 saturated heterocycles. The van der Waals surface area contributed by atoms with Crippen LogP contribution in [0.1, 0.15) is 24.5 Å². The van der Waals surface area contributed by atoms with Crippen molar-refractivity contribution >= 4 is 40.4 Å². The molecule has 2 amide bonds. The van der Waals surface area contributed by atoms with Crippen molar-refractivity contribution < 1.29 is 18.7 Å². The van der Waals surface area contributed by atoms with E-state index in [1.165, 1.54) is 18.2 Å². The van der Waals surface area contributed by atoms with Crippen LogP contribution in [0.2, 0.25) is 5.02 Å². The van der Waals surface area contributed by atoms with Crippen molar-refractivity contribution in [3.63, 3.8) is 0 Å². The zero-order chi connectivity index (χ0) is 23.5. The molecule has 3 aromatic carbocycles. The second kappa shape index (κ2) is 9.46. The number of carbonyl (C=O) groups excluding carboxylic acids is 2. The lowest BCUT2D eigenvalue weighted by Crippen LogP contribution is -2.33. The first kappa shape index (κ1) is 22.6. The molecule has 4 rings (SSSR count). The second-order valence-corrected chi connectivity index (χ2v) is 8.02. The predicted octanol–water partition coefficient (Wildman–Crippen LogP) is 5.97. The van der Waals surface area contributed by atoms with E-state index in [-0.39, 0.29) is 17.0 Å². The summed E-state index contributed by atoms with van der Waals surface area (Å²) in [5.74, 6) is -1.28. The molecule has 5 nitrogen and oxygen atoms in total. The van der Waals surface area contributed by atoms with E-state index in [9.17, 15) is 14.0 Å². The predicted molar refractivity (Wildman–Crippen MR) is 128 cm³/mol. The molecule has 1 heterocycles. The Morgan fingerprint density at radius 2 is 1.73 bits per heavy atom. The molecule has 33 heavy (non-hydrogen) atoms. The number of hydrogen-bond donors (Lipinski definition) is 1. The Bertz CT molecular complexity index is 1250. The summed E-state index contributed by atoms with van der Waals surface area (Å²) in [7, 11) is 0. The standard InChI is InChI=1S/C26H22ClFN2O3/c1-3-14-33-19-12-9-17(10-13-19)23-24(29-18-11-8-16(2)20(27)15-18)26(32)30(25(23)31)22-7-5-4-6-21(22)28/h4-13,15,29H,3,14H2,1-2H3. The number of nitrogens with zero attached hydrogens (tertiary/aromatic N) is 1. The summed E-state index contributed by atoms with van der Waals surface area (Å²) < 4.78 is 20.1. The maximum Gasteiger partial charge on any atom is 0.282 e. The van der Waals surface area contributed by atoms with E-state index in [1.54, 1.807) is 48.5 Å². The van der Waals surface area contributed by atoms with Crippen LogP contribution >= 0.6 is 11.6 Å². The van der Waals surface area contributed by atoms with Crippen LogP contribution in [0.4, 0.5) is 15.8 Å². The third-order valence-corrected chi connectivity index (χ3v) is 5.64. The van der Waals surface area contributed by atoms with Crippen LogP contribution in [-0.4, -0.2) is 18.4 Å². The molecule has 0 aliphatic carbocycles. The third kappa shape index (κ3) is 4.47. The molecule has 1 aliphatic rings. The number of carbonyl (C=O) groups is 2. The van der Waals surface area contributed by atoms with Crippen molar-refractivity contribution in [1.29, 1.82) is 0 Å². The van der Waals surface area contributed by atoms with Gasteiger partial charge in [-0.05, 0) is 60.9 Å². The Hall–Kier alpha value is -3.64. The van der Waals surface area contributed by atoms with Gasteiger partial charge < -0.3 is 10.1 Å². The average molecular weight is 465 g/mol. The maximum absolute atomic E-state index is 14.5. The van der Waals surface area contributed by atoms with Gasteiger partial charge in [-0.2, -0.15) is 0 Å². The van der Waals surface area contributed by atoms with E-state index in [1.807, 2.05) is 13.8 Å². The highest BCUT2D eigenvalue weighted by Crippen LogP contribution is 2.35. The largest absolute Gasteiger partial charge is 0.494 e. The quantitative estimate of drug-likeness (QED) is 0.437. The van der Waals surface area contributed by atoms with E-state index in [4.69, 9.17) is 16.3 Å². The van der Waals surface area contributed by atoms with Crippen LogP contribution in [-0.2, 0) is 9.59 Å². The number of rotatable bonds is 7. The number of ether oxygens (including phenoxy) is 1. The van der Waals surface area contributed by atoms with Crippen molar-refractivity contribution in [2.75, 3.05) is 16.8 Å². The number of hydrogen-bond acceptors (Lipinski definition) is 4. The van der Waals surface area contributed by atoms with Crippen LogP contribution in [0.25, 0.3) is 5.57 Å². The Morgan fingerprint density at radius 1 is 1.00 bits per heavy atom. The lowest BCUT2D eigenvalue weighted by atomic mass is 10.0. The normalized spacial score (nSPS) is 13.6. The Balaban J connectivity index is 1.78. The first-order valence-corrected chi connectivity index (χ1v) is 10.9. The lowest BCUT2D eigenvalue weighted by Gasteiger charge is -2.16. The molecule has 1 N–H and O–H groups in total. The van der Waals surface area contributed by atoms with Gasteiger partial charge in [0, 0.05) is 10.7 Å². The van der Waals surface area contributed by atoms with Gasteiger partial charge in [-0.1, -0.05) is 48.9 Å². The van der Waals surface area contributed by atoms with Crippen molar-refractivity contribution in [1.82, 2.24) is 0 Å². The second-order valence-electron chi connectivity index (χ2n) is 7.61. The van der Waals surface area contributed by atoms with E-state index in [0.717, 1.165) is 16.9 Å². The summed E-state index contributed by atoms with van der Waals surface area (Å²) >= 11 is 6.24. The molecular formula is C26H22ClFN2O3. The molecule has 0 unspecified atom stereocenters. The molecule has 0 saturated carbocycles. The molecule has 0 fully saturated rings. The molecule has 168 valence electrons. The number of imide groups is 1. The number of amides is 2. The van der Waals surface area contributed by atoms with Gasteiger partial charge in [0.1, 0.15) is 17.3 Å². The minimum Gasteiger partial charge on any atom is -0.494 e. The SMILES string of the molecule is CCCOc1ccc(C2=C(Nc3ccc(C)c(Cl)c3)C(=O)N(c3ccccc3F)C2=O)cc1. The van der Waals surface area contributed by atoms with Crippen LogP contribution in [0.15, 0.2) is 72.4 Å². The molecule has 0 radical (unpaired) electrons. The van der Waals surface area contributed by atoms with Gasteiger partial charge in [-0.15, -0.1) is 0 Å². The smallest absolute Gasteiger partial charge is 0.282 e.